The van der Waals surface area contributed by atoms with Crippen LogP contribution >= 0.6 is 15.6 Å². The molecule has 89 heavy (non-hydrogen) atoms. The van der Waals surface area contributed by atoms with Crippen molar-refractivity contribution in [1.82, 2.24) is 0 Å². The first-order valence-corrected chi connectivity index (χ1v) is 39.2. The van der Waals surface area contributed by atoms with Gasteiger partial charge in [0, 0.05) is 25.7 Å². The third-order valence-electron chi connectivity index (χ3n) is 16.4. The SMILES string of the molecule is CCC(C)CCCCCCCCC(=O)O[C@H](COC(=O)CCCCCCCCCCC(C)C)COP(=O)(O)OCC(O)COP(=O)(O)OC[C@@H](COC(=O)CCCCCCCCCC(C)C)OC(=O)CCCCCCCCCCCCCCCCCC(C)C. The number of carbonyl (C=O) groups excluding carboxylic acids is 4. The summed E-state index contributed by atoms with van der Waals surface area (Å²) in [6.07, 6.45) is 41.9. The quantitative estimate of drug-likeness (QED) is 0.0222. The van der Waals surface area contributed by atoms with E-state index in [1.165, 1.54) is 141 Å². The van der Waals surface area contributed by atoms with Gasteiger partial charge in [-0.3, -0.25) is 37.3 Å². The number of aliphatic hydroxyl groups is 1. The zero-order chi connectivity index (χ0) is 66.1. The zero-order valence-corrected chi connectivity index (χ0v) is 59.8. The summed E-state index contributed by atoms with van der Waals surface area (Å²) in [5, 5.41) is 10.6. The molecule has 0 aromatic carbocycles. The van der Waals surface area contributed by atoms with Crippen LogP contribution in [0.25, 0.3) is 0 Å². The molecular formula is C70H136O17P2. The summed E-state index contributed by atoms with van der Waals surface area (Å²) in [7, 11) is -9.90. The van der Waals surface area contributed by atoms with Crippen molar-refractivity contribution in [3.05, 3.63) is 0 Å². The molecule has 528 valence electrons. The van der Waals surface area contributed by atoms with Crippen molar-refractivity contribution in [3.63, 3.8) is 0 Å². The van der Waals surface area contributed by atoms with Gasteiger partial charge >= 0.3 is 39.5 Å². The third-order valence-corrected chi connectivity index (χ3v) is 18.3. The average Bonchev–Trinajstić information content (AvgIpc) is 3.52. The predicted octanol–water partition coefficient (Wildman–Crippen LogP) is 19.7. The Hall–Kier alpha value is -1.94. The van der Waals surface area contributed by atoms with Gasteiger partial charge in [-0.2, -0.15) is 0 Å². The van der Waals surface area contributed by atoms with Crippen molar-refractivity contribution in [3.8, 4) is 0 Å². The second kappa shape index (κ2) is 59.8. The summed E-state index contributed by atoms with van der Waals surface area (Å²) < 4.78 is 68.2. The smallest absolute Gasteiger partial charge is 0.462 e. The van der Waals surface area contributed by atoms with E-state index in [2.05, 4.69) is 55.4 Å². The Labute approximate surface area is 543 Å². The first-order valence-electron chi connectivity index (χ1n) is 36.2. The summed E-state index contributed by atoms with van der Waals surface area (Å²) in [4.78, 5) is 72.5. The highest BCUT2D eigenvalue weighted by Gasteiger charge is 2.30. The van der Waals surface area contributed by atoms with Crippen LogP contribution in [-0.4, -0.2) is 96.7 Å². The minimum absolute atomic E-state index is 0.102. The summed E-state index contributed by atoms with van der Waals surface area (Å²) >= 11 is 0. The van der Waals surface area contributed by atoms with Crippen molar-refractivity contribution in [2.24, 2.45) is 23.7 Å². The van der Waals surface area contributed by atoms with Crippen molar-refractivity contribution < 1.29 is 80.2 Å². The lowest BCUT2D eigenvalue weighted by molar-refractivity contribution is -0.161. The van der Waals surface area contributed by atoms with Gasteiger partial charge in [0.1, 0.15) is 19.3 Å². The van der Waals surface area contributed by atoms with Gasteiger partial charge in [-0.05, 0) is 49.4 Å². The largest absolute Gasteiger partial charge is 0.472 e. The van der Waals surface area contributed by atoms with Gasteiger partial charge < -0.3 is 33.8 Å². The minimum Gasteiger partial charge on any atom is -0.462 e. The van der Waals surface area contributed by atoms with Gasteiger partial charge in [-0.1, -0.05) is 293 Å². The van der Waals surface area contributed by atoms with E-state index in [0.717, 1.165) is 114 Å². The second-order valence-electron chi connectivity index (χ2n) is 26.9. The highest BCUT2D eigenvalue weighted by atomic mass is 31.2. The van der Waals surface area contributed by atoms with Crippen LogP contribution in [0.15, 0.2) is 0 Å². The maximum Gasteiger partial charge on any atom is 0.472 e. The molecule has 0 fully saturated rings. The average molecular weight is 1310 g/mol. The molecule has 0 aromatic rings. The Morgan fingerprint density at radius 2 is 0.539 bits per heavy atom. The van der Waals surface area contributed by atoms with Crippen LogP contribution < -0.4 is 0 Å². The molecule has 3 N–H and O–H groups in total. The number of rotatable bonds is 67. The first-order chi connectivity index (χ1) is 42.6. The molecule has 0 saturated carbocycles. The standard InChI is InChI=1S/C70H136O17P2/c1-9-63(8)49-41-33-28-29-37-45-53-70(75)87-66(57-80-67(72)50-42-34-25-20-19-23-31-39-47-61(4)5)59-85-89(78,79)83-55-64(71)54-82-88(76,77)84-58-65(56-81-68(73)51-43-35-27-21-24-32-40-48-62(6)7)86-69(74)52-44-36-26-18-16-14-12-10-11-13-15-17-22-30-38-46-60(2)3/h60-66,71H,9-59H2,1-8H3,(H,76,77)(H,78,79)/t63?,64?,65-,66-/m1/s1. The third kappa shape index (κ3) is 63.2. The molecule has 4 unspecified atom stereocenters. The molecule has 0 heterocycles. The maximum absolute atomic E-state index is 13.0. The highest BCUT2D eigenvalue weighted by Crippen LogP contribution is 2.45. The molecule has 0 saturated heterocycles. The van der Waals surface area contributed by atoms with Crippen LogP contribution in [0, 0.1) is 23.7 Å². The van der Waals surface area contributed by atoms with E-state index in [1.54, 1.807) is 0 Å². The molecule has 19 heteroatoms. The van der Waals surface area contributed by atoms with Crippen LogP contribution in [0.2, 0.25) is 0 Å². The van der Waals surface area contributed by atoms with Crippen LogP contribution in [0.4, 0.5) is 0 Å². The van der Waals surface area contributed by atoms with E-state index in [4.69, 9.17) is 37.0 Å². The van der Waals surface area contributed by atoms with E-state index < -0.39 is 97.5 Å². The molecular weight excluding hydrogens is 1170 g/mol. The van der Waals surface area contributed by atoms with Gasteiger partial charge in [0.2, 0.25) is 0 Å². The van der Waals surface area contributed by atoms with Crippen molar-refractivity contribution in [2.75, 3.05) is 39.6 Å². The molecule has 0 amide bonds. The summed E-state index contributed by atoms with van der Waals surface area (Å²) in [6.45, 7) is 14.0. The number of esters is 4. The van der Waals surface area contributed by atoms with Gasteiger partial charge in [0.05, 0.1) is 26.4 Å². The number of ether oxygens (including phenoxy) is 4. The molecule has 0 aliphatic carbocycles. The van der Waals surface area contributed by atoms with Crippen molar-refractivity contribution in [1.29, 1.82) is 0 Å². The van der Waals surface area contributed by atoms with E-state index in [-0.39, 0.29) is 25.7 Å². The van der Waals surface area contributed by atoms with E-state index >= 15 is 0 Å². The van der Waals surface area contributed by atoms with E-state index in [9.17, 15) is 43.2 Å². The number of hydrogen-bond donors (Lipinski definition) is 3. The molecule has 0 spiro atoms. The minimum atomic E-state index is -4.95. The number of phosphoric ester groups is 2. The van der Waals surface area contributed by atoms with Gasteiger partial charge in [-0.15, -0.1) is 0 Å². The van der Waals surface area contributed by atoms with Gasteiger partial charge in [0.25, 0.3) is 0 Å². The topological polar surface area (TPSA) is 237 Å². The molecule has 0 rings (SSSR count). The number of phosphoric acid groups is 2. The number of unbranched alkanes of at least 4 members (excludes halogenated alkanes) is 32. The molecule has 0 radical (unpaired) electrons. The summed E-state index contributed by atoms with van der Waals surface area (Å²) in [5.41, 5.74) is 0. The Bertz CT molecular complexity index is 1770. The lowest BCUT2D eigenvalue weighted by Gasteiger charge is -2.21. The Balaban J connectivity index is 5.21. The van der Waals surface area contributed by atoms with Crippen LogP contribution in [0.3, 0.4) is 0 Å². The highest BCUT2D eigenvalue weighted by molar-refractivity contribution is 7.47. The fourth-order valence-corrected chi connectivity index (χ4v) is 12.0. The molecule has 6 atom stereocenters. The fourth-order valence-electron chi connectivity index (χ4n) is 10.5. The van der Waals surface area contributed by atoms with E-state index in [0.29, 0.717) is 31.6 Å². The number of hydrogen-bond acceptors (Lipinski definition) is 15. The van der Waals surface area contributed by atoms with Crippen LogP contribution in [0.1, 0.15) is 344 Å². The predicted molar refractivity (Wildman–Crippen MR) is 358 cm³/mol. The molecule has 0 bridgehead atoms. The lowest BCUT2D eigenvalue weighted by Crippen LogP contribution is -2.30. The lowest BCUT2D eigenvalue weighted by atomic mass is 10.00. The normalized spacial score (nSPS) is 14.6. The van der Waals surface area contributed by atoms with Crippen LogP contribution in [-0.2, 0) is 65.4 Å². The molecule has 0 aliphatic heterocycles. The zero-order valence-electron chi connectivity index (χ0n) is 58.1. The van der Waals surface area contributed by atoms with Crippen molar-refractivity contribution in [2.45, 2.75) is 363 Å². The molecule has 0 aliphatic rings. The van der Waals surface area contributed by atoms with Gasteiger partial charge in [-0.25, -0.2) is 9.13 Å². The molecule has 0 aromatic heterocycles. The first kappa shape index (κ1) is 87.1. The summed E-state index contributed by atoms with van der Waals surface area (Å²) in [6, 6.07) is 0. The van der Waals surface area contributed by atoms with E-state index in [1.807, 2.05) is 0 Å². The number of aliphatic hydroxyl groups excluding tert-OH is 1. The summed E-state index contributed by atoms with van der Waals surface area (Å²) in [5.74, 6) is 0.821. The van der Waals surface area contributed by atoms with Gasteiger partial charge in [0.15, 0.2) is 12.2 Å². The Morgan fingerprint density at radius 3 is 0.798 bits per heavy atom. The van der Waals surface area contributed by atoms with Crippen LogP contribution in [0.5, 0.6) is 0 Å². The monoisotopic (exact) mass is 1310 g/mol. The Kier molecular flexibility index (Phi) is 58.5. The molecule has 17 nitrogen and oxygen atoms in total. The second-order valence-corrected chi connectivity index (χ2v) is 29.8. The fraction of sp³-hybridized carbons (Fsp3) is 0.943. The number of carbonyl (C=O) groups is 4. The Morgan fingerprint density at radius 1 is 0.315 bits per heavy atom. The maximum atomic E-state index is 13.0. The van der Waals surface area contributed by atoms with Crippen molar-refractivity contribution >= 4 is 39.5 Å².